The fraction of sp³-hybridized carbons (Fsp3) is 0.300. The molecule has 92 valence electrons. The number of carboxylic acids is 1. The lowest BCUT2D eigenvalue weighted by molar-refractivity contribution is 0.0593. The minimum absolute atomic E-state index is 0.126. The van der Waals surface area contributed by atoms with E-state index < -0.39 is 11.9 Å². The smallest absolute Gasteiger partial charge is 0.356 e. The molecule has 0 radical (unpaired) electrons. The van der Waals surface area contributed by atoms with Gasteiger partial charge in [-0.2, -0.15) is 0 Å². The van der Waals surface area contributed by atoms with E-state index in [1.54, 1.807) is 0 Å². The van der Waals surface area contributed by atoms with E-state index >= 15 is 0 Å². The summed E-state index contributed by atoms with van der Waals surface area (Å²) in [4.78, 5) is 25.7. The van der Waals surface area contributed by atoms with Gasteiger partial charge >= 0.3 is 11.9 Å². The quantitative estimate of drug-likeness (QED) is 0.691. The predicted molar refractivity (Wildman–Crippen MR) is 57.1 cm³/mol. The lowest BCUT2D eigenvalue weighted by Crippen LogP contribution is -2.13. The summed E-state index contributed by atoms with van der Waals surface area (Å²) in [5.41, 5.74) is 4.83. The lowest BCUT2D eigenvalue weighted by Gasteiger charge is -2.07. The number of pyridine rings is 1. The van der Waals surface area contributed by atoms with Crippen LogP contribution >= 0.6 is 0 Å². The SMILES string of the molecule is COC(=O)c1cc(OCCN)cc(C(=O)O)n1. The monoisotopic (exact) mass is 240 g/mol. The number of rotatable bonds is 5. The Bertz CT molecular complexity index is 433. The molecule has 1 rings (SSSR count). The highest BCUT2D eigenvalue weighted by atomic mass is 16.5. The number of aromatic nitrogens is 1. The van der Waals surface area contributed by atoms with Crippen molar-refractivity contribution in [2.45, 2.75) is 0 Å². The average Bonchev–Trinajstić information content (AvgIpc) is 2.34. The first-order valence-electron chi connectivity index (χ1n) is 4.75. The molecule has 0 unspecified atom stereocenters. The van der Waals surface area contributed by atoms with E-state index in [9.17, 15) is 9.59 Å². The molecule has 0 amide bonds. The number of carboxylic acid groups (broad SMARTS) is 1. The number of nitrogens with zero attached hydrogens (tertiary/aromatic N) is 1. The summed E-state index contributed by atoms with van der Waals surface area (Å²) in [6.45, 7) is 0.488. The van der Waals surface area contributed by atoms with Crippen molar-refractivity contribution >= 4 is 11.9 Å². The fourth-order valence-electron chi connectivity index (χ4n) is 1.08. The van der Waals surface area contributed by atoms with Gasteiger partial charge in [0.1, 0.15) is 12.4 Å². The number of hydrogen-bond acceptors (Lipinski definition) is 6. The highest BCUT2D eigenvalue weighted by Crippen LogP contribution is 2.15. The van der Waals surface area contributed by atoms with Crippen LogP contribution in [-0.2, 0) is 4.74 Å². The van der Waals surface area contributed by atoms with Gasteiger partial charge in [-0.05, 0) is 0 Å². The average molecular weight is 240 g/mol. The number of methoxy groups -OCH3 is 1. The summed E-state index contributed by atoms with van der Waals surface area (Å²) < 4.78 is 9.60. The van der Waals surface area contributed by atoms with E-state index in [2.05, 4.69) is 9.72 Å². The number of ether oxygens (including phenoxy) is 2. The molecule has 0 aliphatic carbocycles. The molecule has 0 aliphatic rings. The fourth-order valence-corrected chi connectivity index (χ4v) is 1.08. The summed E-state index contributed by atoms with van der Waals surface area (Å²) >= 11 is 0. The Hall–Kier alpha value is -2.15. The van der Waals surface area contributed by atoms with Gasteiger partial charge in [-0.3, -0.25) is 0 Å². The van der Waals surface area contributed by atoms with Crippen molar-refractivity contribution in [1.82, 2.24) is 4.98 Å². The molecule has 7 nitrogen and oxygen atoms in total. The second-order valence-corrected chi connectivity index (χ2v) is 3.01. The van der Waals surface area contributed by atoms with E-state index in [0.717, 1.165) is 0 Å². The van der Waals surface area contributed by atoms with Crippen LogP contribution in [0.15, 0.2) is 12.1 Å². The first-order valence-corrected chi connectivity index (χ1v) is 4.75. The van der Waals surface area contributed by atoms with E-state index in [-0.39, 0.29) is 30.3 Å². The Balaban J connectivity index is 3.09. The molecule has 0 saturated heterocycles. The van der Waals surface area contributed by atoms with Gasteiger partial charge in [0.2, 0.25) is 0 Å². The molecular weight excluding hydrogens is 228 g/mol. The van der Waals surface area contributed by atoms with Gasteiger partial charge < -0.3 is 20.3 Å². The van der Waals surface area contributed by atoms with E-state index in [0.29, 0.717) is 0 Å². The summed E-state index contributed by atoms with van der Waals surface area (Å²) in [5.74, 6) is -1.78. The van der Waals surface area contributed by atoms with Crippen LogP contribution in [0.3, 0.4) is 0 Å². The number of carbonyl (C=O) groups excluding carboxylic acids is 1. The normalized spacial score (nSPS) is 9.76. The van der Waals surface area contributed by atoms with E-state index in [4.69, 9.17) is 15.6 Å². The Morgan fingerprint density at radius 3 is 2.59 bits per heavy atom. The molecule has 17 heavy (non-hydrogen) atoms. The maximum absolute atomic E-state index is 11.3. The topological polar surface area (TPSA) is 112 Å². The van der Waals surface area contributed by atoms with Gasteiger partial charge in [0.15, 0.2) is 11.4 Å². The van der Waals surface area contributed by atoms with Crippen LogP contribution in [0.2, 0.25) is 0 Å². The molecule has 3 N–H and O–H groups in total. The zero-order chi connectivity index (χ0) is 12.8. The number of esters is 1. The van der Waals surface area contributed by atoms with Crippen molar-refractivity contribution in [3.05, 3.63) is 23.5 Å². The van der Waals surface area contributed by atoms with Gasteiger partial charge in [-0.1, -0.05) is 0 Å². The van der Waals surface area contributed by atoms with Crippen molar-refractivity contribution in [3.8, 4) is 5.75 Å². The van der Waals surface area contributed by atoms with Crippen molar-refractivity contribution in [2.75, 3.05) is 20.3 Å². The highest BCUT2D eigenvalue weighted by molar-refractivity contribution is 5.91. The van der Waals surface area contributed by atoms with Gasteiger partial charge in [0.25, 0.3) is 0 Å². The Morgan fingerprint density at radius 1 is 1.41 bits per heavy atom. The minimum Gasteiger partial charge on any atom is -0.492 e. The van der Waals surface area contributed by atoms with Crippen LogP contribution in [0.5, 0.6) is 5.75 Å². The molecule has 0 spiro atoms. The third-order valence-corrected chi connectivity index (χ3v) is 1.80. The zero-order valence-corrected chi connectivity index (χ0v) is 9.17. The lowest BCUT2D eigenvalue weighted by atomic mass is 10.3. The predicted octanol–water partition coefficient (Wildman–Crippen LogP) is -0.0961. The van der Waals surface area contributed by atoms with E-state index in [1.165, 1.54) is 19.2 Å². The zero-order valence-electron chi connectivity index (χ0n) is 9.17. The molecule has 7 heteroatoms. The molecule has 1 heterocycles. The van der Waals surface area contributed by atoms with E-state index in [1.807, 2.05) is 0 Å². The van der Waals surface area contributed by atoms with Gasteiger partial charge in [0.05, 0.1) is 7.11 Å². The standard InChI is InChI=1S/C10H12N2O5/c1-16-10(15)8-5-6(17-3-2-11)4-7(12-8)9(13)14/h4-5H,2-3,11H2,1H3,(H,13,14). The first-order chi connectivity index (χ1) is 8.08. The molecule has 0 fully saturated rings. The summed E-state index contributed by atoms with van der Waals surface area (Å²) in [5, 5.41) is 8.82. The second-order valence-electron chi connectivity index (χ2n) is 3.01. The van der Waals surface area contributed by atoms with Gasteiger partial charge in [-0.25, -0.2) is 14.6 Å². The summed E-state index contributed by atoms with van der Waals surface area (Å²) in [7, 11) is 1.18. The van der Waals surface area contributed by atoms with Crippen molar-refractivity contribution < 1.29 is 24.2 Å². The van der Waals surface area contributed by atoms with Crippen molar-refractivity contribution in [2.24, 2.45) is 5.73 Å². The molecule has 0 aromatic carbocycles. The van der Waals surface area contributed by atoms with Gasteiger partial charge in [0, 0.05) is 18.7 Å². The molecular formula is C10H12N2O5. The molecule has 1 aromatic heterocycles. The maximum Gasteiger partial charge on any atom is 0.356 e. The molecule has 0 bridgehead atoms. The van der Waals surface area contributed by atoms with Crippen molar-refractivity contribution in [3.63, 3.8) is 0 Å². The van der Waals surface area contributed by atoms with Crippen LogP contribution in [0.4, 0.5) is 0 Å². The molecule has 0 atom stereocenters. The highest BCUT2D eigenvalue weighted by Gasteiger charge is 2.15. The van der Waals surface area contributed by atoms with Crippen LogP contribution in [-0.4, -0.2) is 42.3 Å². The second kappa shape index (κ2) is 5.80. The summed E-state index contributed by atoms with van der Waals surface area (Å²) in [6, 6.07) is 2.51. The summed E-state index contributed by atoms with van der Waals surface area (Å²) in [6.07, 6.45) is 0. The largest absolute Gasteiger partial charge is 0.492 e. The van der Waals surface area contributed by atoms with Gasteiger partial charge in [-0.15, -0.1) is 0 Å². The third kappa shape index (κ3) is 3.42. The third-order valence-electron chi connectivity index (χ3n) is 1.80. The Kier molecular flexibility index (Phi) is 4.41. The number of nitrogens with two attached hydrogens (primary N) is 1. The van der Waals surface area contributed by atoms with Crippen LogP contribution in [0.1, 0.15) is 21.0 Å². The molecule has 1 aromatic rings. The Labute approximate surface area is 97.2 Å². The maximum atomic E-state index is 11.3. The minimum atomic E-state index is -1.26. The number of hydrogen-bond donors (Lipinski definition) is 2. The van der Waals surface area contributed by atoms with Crippen molar-refractivity contribution in [1.29, 1.82) is 0 Å². The van der Waals surface area contributed by atoms with Crippen LogP contribution < -0.4 is 10.5 Å². The molecule has 0 saturated carbocycles. The number of aromatic carboxylic acids is 1. The van der Waals surface area contributed by atoms with Crippen LogP contribution in [0.25, 0.3) is 0 Å². The Morgan fingerprint density at radius 2 is 2.06 bits per heavy atom. The first kappa shape index (κ1) is 12.9. The molecule has 0 aliphatic heterocycles. The van der Waals surface area contributed by atoms with Crippen LogP contribution in [0, 0.1) is 0 Å². The number of carbonyl (C=O) groups is 2.